The minimum Gasteiger partial charge on any atom is -0.465 e. The average Bonchev–Trinajstić information content (AvgIpc) is 2.94. The molecule has 0 spiro atoms. The van der Waals surface area contributed by atoms with E-state index >= 15 is 0 Å². The number of sulfonamides is 1. The van der Waals surface area contributed by atoms with E-state index in [2.05, 4.69) is 20.2 Å². The van der Waals surface area contributed by atoms with Gasteiger partial charge in [-0.2, -0.15) is 0 Å². The van der Waals surface area contributed by atoms with Crippen LogP contribution in [0.25, 0.3) is 0 Å². The van der Waals surface area contributed by atoms with Crippen molar-refractivity contribution >= 4 is 26.5 Å². The lowest BCUT2D eigenvalue weighted by atomic mass is 10.2. The van der Waals surface area contributed by atoms with Gasteiger partial charge in [0, 0.05) is 12.1 Å². The molecule has 0 unspecified atom stereocenters. The van der Waals surface area contributed by atoms with Crippen LogP contribution in [0.5, 0.6) is 0 Å². The highest BCUT2D eigenvalue weighted by molar-refractivity contribution is 7.93. The zero-order valence-corrected chi connectivity index (χ0v) is 13.1. The Morgan fingerprint density at radius 3 is 2.70 bits per heavy atom. The van der Waals surface area contributed by atoms with Gasteiger partial charge in [0.2, 0.25) is 5.13 Å². The molecule has 9 heteroatoms. The van der Waals surface area contributed by atoms with E-state index in [9.17, 15) is 8.42 Å². The van der Waals surface area contributed by atoms with Crippen LogP contribution in [0.4, 0.5) is 5.13 Å². The van der Waals surface area contributed by atoms with Gasteiger partial charge in [0.15, 0.2) is 0 Å². The summed E-state index contributed by atoms with van der Waals surface area (Å²) in [5.41, 5.74) is 2.10. The van der Waals surface area contributed by atoms with Crippen molar-refractivity contribution in [1.29, 1.82) is 0 Å². The Balaban J connectivity index is 2.40. The lowest BCUT2D eigenvalue weighted by Crippen LogP contribution is -2.19. The predicted molar refractivity (Wildman–Crippen MR) is 76.3 cm³/mol. The van der Waals surface area contributed by atoms with E-state index in [4.69, 9.17) is 4.42 Å². The molecular weight excluding hydrogens is 300 g/mol. The first-order valence-corrected chi connectivity index (χ1v) is 8.40. The second-order valence-electron chi connectivity index (χ2n) is 4.15. The van der Waals surface area contributed by atoms with E-state index in [1.807, 2.05) is 6.92 Å². The van der Waals surface area contributed by atoms with Gasteiger partial charge in [-0.05, 0) is 20.4 Å². The van der Waals surface area contributed by atoms with E-state index in [0.29, 0.717) is 23.6 Å². The molecule has 2 rings (SSSR count). The van der Waals surface area contributed by atoms with Crippen LogP contribution >= 0.6 is 11.3 Å². The number of hydrogen-bond acceptors (Lipinski definition) is 7. The third kappa shape index (κ3) is 3.00. The summed E-state index contributed by atoms with van der Waals surface area (Å²) in [7, 11) is -3.73. The Kier molecular flexibility index (Phi) is 4.41. The van der Waals surface area contributed by atoms with Crippen LogP contribution in [0.2, 0.25) is 0 Å². The van der Waals surface area contributed by atoms with Gasteiger partial charge in [-0.15, -0.1) is 10.2 Å². The van der Waals surface area contributed by atoms with Crippen molar-refractivity contribution in [3.05, 3.63) is 22.6 Å². The molecule has 0 saturated heterocycles. The Bertz CT molecular complexity index is 677. The highest BCUT2D eigenvalue weighted by atomic mass is 32.2. The predicted octanol–water partition coefficient (Wildman–Crippen LogP) is 1.66. The molecule has 2 heterocycles. The van der Waals surface area contributed by atoms with E-state index < -0.39 is 10.0 Å². The van der Waals surface area contributed by atoms with Crippen molar-refractivity contribution in [2.45, 2.75) is 32.2 Å². The maximum Gasteiger partial charge on any atom is 0.267 e. The highest BCUT2D eigenvalue weighted by Crippen LogP contribution is 2.28. The zero-order valence-electron chi connectivity index (χ0n) is 11.4. The van der Waals surface area contributed by atoms with Crippen molar-refractivity contribution in [2.75, 3.05) is 11.3 Å². The molecule has 0 aliphatic rings. The molecule has 2 aromatic rings. The largest absolute Gasteiger partial charge is 0.465 e. The third-order valence-electron chi connectivity index (χ3n) is 2.73. The quantitative estimate of drug-likeness (QED) is 0.841. The summed E-state index contributed by atoms with van der Waals surface area (Å²) in [6.45, 7) is 6.52. The first-order chi connectivity index (χ1) is 9.45. The van der Waals surface area contributed by atoms with Crippen molar-refractivity contribution in [1.82, 2.24) is 15.5 Å². The molecular formula is C11H16N4O3S2. The van der Waals surface area contributed by atoms with Gasteiger partial charge in [0.1, 0.15) is 21.9 Å². The SMILES string of the molecule is CCNCc1c(C)oc(C)c1S(=O)(=O)Nc1nncs1. The minimum absolute atomic E-state index is 0.172. The Morgan fingerprint density at radius 1 is 1.35 bits per heavy atom. The van der Waals surface area contributed by atoms with Crippen LogP contribution in [0.3, 0.4) is 0 Å². The second kappa shape index (κ2) is 5.90. The molecule has 20 heavy (non-hydrogen) atoms. The van der Waals surface area contributed by atoms with Gasteiger partial charge < -0.3 is 9.73 Å². The van der Waals surface area contributed by atoms with Gasteiger partial charge in [-0.1, -0.05) is 18.3 Å². The number of anilines is 1. The lowest BCUT2D eigenvalue weighted by Gasteiger charge is -2.07. The number of rotatable bonds is 6. The summed E-state index contributed by atoms with van der Waals surface area (Å²) in [6.07, 6.45) is 0. The van der Waals surface area contributed by atoms with Gasteiger partial charge in [0.05, 0.1) is 0 Å². The first-order valence-electron chi connectivity index (χ1n) is 6.04. The Labute approximate surface area is 121 Å². The van der Waals surface area contributed by atoms with Crippen LogP contribution in [0.15, 0.2) is 14.8 Å². The fourth-order valence-corrected chi connectivity index (χ4v) is 4.04. The van der Waals surface area contributed by atoms with E-state index in [1.165, 1.54) is 5.51 Å². The molecule has 0 radical (unpaired) electrons. The zero-order chi connectivity index (χ0) is 14.8. The van der Waals surface area contributed by atoms with Gasteiger partial charge in [0.25, 0.3) is 10.0 Å². The summed E-state index contributed by atoms with van der Waals surface area (Å²) in [5, 5.41) is 10.6. The molecule has 0 saturated carbocycles. The van der Waals surface area contributed by atoms with Crippen LogP contribution < -0.4 is 10.0 Å². The maximum atomic E-state index is 12.5. The molecule has 7 nitrogen and oxygen atoms in total. The monoisotopic (exact) mass is 316 g/mol. The smallest absolute Gasteiger partial charge is 0.267 e. The van der Waals surface area contributed by atoms with Crippen molar-refractivity contribution < 1.29 is 12.8 Å². The maximum absolute atomic E-state index is 12.5. The van der Waals surface area contributed by atoms with Crippen molar-refractivity contribution in [3.63, 3.8) is 0 Å². The Hall–Kier alpha value is -1.45. The van der Waals surface area contributed by atoms with Gasteiger partial charge in [-0.25, -0.2) is 8.42 Å². The van der Waals surface area contributed by atoms with Gasteiger partial charge in [-0.3, -0.25) is 4.72 Å². The molecule has 0 aliphatic heterocycles. The molecule has 110 valence electrons. The highest BCUT2D eigenvalue weighted by Gasteiger charge is 2.27. The molecule has 0 fully saturated rings. The molecule has 0 aromatic carbocycles. The fraction of sp³-hybridized carbons (Fsp3) is 0.455. The summed E-state index contributed by atoms with van der Waals surface area (Å²) in [5.74, 6) is 0.966. The van der Waals surface area contributed by atoms with E-state index in [1.54, 1.807) is 13.8 Å². The number of aromatic nitrogens is 2. The summed E-state index contributed by atoms with van der Waals surface area (Å²) < 4.78 is 32.8. The Morgan fingerprint density at radius 2 is 2.10 bits per heavy atom. The number of hydrogen-bond donors (Lipinski definition) is 2. The average molecular weight is 316 g/mol. The topological polar surface area (TPSA) is 97.1 Å². The number of nitrogens with one attached hydrogen (secondary N) is 2. The lowest BCUT2D eigenvalue weighted by molar-refractivity contribution is 0.493. The van der Waals surface area contributed by atoms with Crippen LogP contribution in [0.1, 0.15) is 24.0 Å². The van der Waals surface area contributed by atoms with Crippen LogP contribution in [-0.4, -0.2) is 25.2 Å². The summed E-state index contributed by atoms with van der Waals surface area (Å²) in [6, 6.07) is 0. The second-order valence-corrected chi connectivity index (χ2v) is 6.60. The van der Waals surface area contributed by atoms with Crippen LogP contribution in [-0.2, 0) is 16.6 Å². The number of nitrogens with zero attached hydrogens (tertiary/aromatic N) is 2. The third-order valence-corrected chi connectivity index (χ3v) is 5.00. The number of furan rings is 1. The standard InChI is InChI=1S/C11H16N4O3S2/c1-4-12-5-9-7(2)18-8(3)10(9)20(16,17)15-11-14-13-6-19-11/h6,12H,4-5H2,1-3H3,(H,14,15). The minimum atomic E-state index is -3.73. The van der Waals surface area contributed by atoms with E-state index in [0.717, 1.165) is 17.9 Å². The van der Waals surface area contributed by atoms with Crippen molar-refractivity contribution in [2.24, 2.45) is 0 Å². The first kappa shape index (κ1) is 14.9. The summed E-state index contributed by atoms with van der Waals surface area (Å²) in [4.78, 5) is 0.172. The van der Waals surface area contributed by atoms with Gasteiger partial charge >= 0.3 is 0 Å². The molecule has 0 atom stereocenters. The molecule has 0 amide bonds. The fourth-order valence-electron chi connectivity index (χ4n) is 1.90. The number of aryl methyl sites for hydroxylation is 2. The van der Waals surface area contributed by atoms with E-state index in [-0.39, 0.29) is 10.0 Å². The normalized spacial score (nSPS) is 11.8. The molecule has 2 N–H and O–H groups in total. The molecule has 0 bridgehead atoms. The molecule has 0 aliphatic carbocycles. The van der Waals surface area contributed by atoms with Crippen molar-refractivity contribution in [3.8, 4) is 0 Å². The molecule has 2 aromatic heterocycles. The van der Waals surface area contributed by atoms with Crippen LogP contribution in [0, 0.1) is 13.8 Å². The summed E-state index contributed by atoms with van der Waals surface area (Å²) >= 11 is 1.12.